The van der Waals surface area contributed by atoms with Crippen LogP contribution in [0.5, 0.6) is 0 Å². The minimum atomic E-state index is -4.35. The maximum absolute atomic E-state index is 12.2. The number of allylic oxidation sites excluding steroid dienone is 1. The summed E-state index contributed by atoms with van der Waals surface area (Å²) < 4.78 is 36.6. The zero-order valence-corrected chi connectivity index (χ0v) is 7.01. The molecule has 4 heteroatoms. The van der Waals surface area contributed by atoms with Gasteiger partial charge in [0.25, 0.3) is 0 Å². The molecule has 0 N–H and O–H groups in total. The van der Waals surface area contributed by atoms with Gasteiger partial charge in [-0.15, -0.1) is 0 Å². The molecular formula is C10H6F3O. The van der Waals surface area contributed by atoms with Crippen molar-refractivity contribution in [2.75, 3.05) is 0 Å². The van der Waals surface area contributed by atoms with Crippen LogP contribution in [0.2, 0.25) is 0 Å². The number of hydrogen-bond acceptors (Lipinski definition) is 1. The Morgan fingerprint density at radius 2 is 2.00 bits per heavy atom. The molecule has 0 atom stereocenters. The lowest BCUT2D eigenvalue weighted by molar-refractivity contribution is -0.137. The van der Waals surface area contributed by atoms with Gasteiger partial charge in [0.1, 0.15) is 0 Å². The van der Waals surface area contributed by atoms with Crippen LogP contribution in [0, 0.1) is 0 Å². The second kappa shape index (κ2) is 4.09. The molecule has 14 heavy (non-hydrogen) atoms. The predicted octanol–water partition coefficient (Wildman–Crippen LogP) is 2.83. The van der Waals surface area contributed by atoms with Crippen molar-refractivity contribution >= 4 is 12.4 Å². The summed E-state index contributed by atoms with van der Waals surface area (Å²) in [6.07, 6.45) is -0.600. The third kappa shape index (κ3) is 2.73. The molecule has 0 aliphatic rings. The second-order valence-corrected chi connectivity index (χ2v) is 2.57. The molecule has 0 bridgehead atoms. The van der Waals surface area contributed by atoms with E-state index >= 15 is 0 Å². The first-order valence-corrected chi connectivity index (χ1v) is 3.75. The smallest absolute Gasteiger partial charge is 0.286 e. The van der Waals surface area contributed by atoms with Crippen molar-refractivity contribution in [3.8, 4) is 0 Å². The Morgan fingerprint density at radius 1 is 1.29 bits per heavy atom. The first-order chi connectivity index (χ1) is 6.54. The third-order valence-corrected chi connectivity index (χ3v) is 1.56. The molecule has 0 aromatic heterocycles. The number of carbonyl (C=O) groups excluding carboxylic acids is 1. The van der Waals surface area contributed by atoms with Crippen molar-refractivity contribution < 1.29 is 18.0 Å². The zero-order valence-electron chi connectivity index (χ0n) is 7.01. The standard InChI is InChI=1S/C10H6F3O/c11-10(12,13)9-5-1-3-8(7-9)4-2-6-14/h1-5,7H. The average molecular weight is 199 g/mol. The van der Waals surface area contributed by atoms with E-state index in [9.17, 15) is 18.0 Å². The summed E-state index contributed by atoms with van der Waals surface area (Å²) in [4.78, 5) is 9.83. The minimum Gasteiger partial charge on any atom is -0.286 e. The molecule has 0 saturated heterocycles. The van der Waals surface area contributed by atoms with Gasteiger partial charge in [-0.3, -0.25) is 4.79 Å². The predicted molar refractivity (Wildman–Crippen MR) is 46.2 cm³/mol. The van der Waals surface area contributed by atoms with Gasteiger partial charge in [0.05, 0.1) is 5.56 Å². The Balaban J connectivity index is 3.01. The molecule has 1 radical (unpaired) electrons. The molecule has 0 aliphatic carbocycles. The Labute approximate surface area is 78.9 Å². The number of halogens is 3. The fourth-order valence-electron chi connectivity index (χ4n) is 0.949. The molecule has 0 heterocycles. The average Bonchev–Trinajstić information content (AvgIpc) is 2.14. The van der Waals surface area contributed by atoms with Crippen LogP contribution in [0.15, 0.2) is 30.3 Å². The van der Waals surface area contributed by atoms with E-state index in [-0.39, 0.29) is 0 Å². The van der Waals surface area contributed by atoms with E-state index in [4.69, 9.17) is 0 Å². The van der Waals surface area contributed by atoms with Crippen molar-refractivity contribution in [1.82, 2.24) is 0 Å². The molecule has 0 saturated carbocycles. The lowest BCUT2D eigenvalue weighted by atomic mass is 10.1. The summed E-state index contributed by atoms with van der Waals surface area (Å²) in [6.45, 7) is 0. The van der Waals surface area contributed by atoms with Crippen LogP contribution in [0.25, 0.3) is 6.08 Å². The normalized spacial score (nSPS) is 11.9. The first-order valence-electron chi connectivity index (χ1n) is 3.75. The lowest BCUT2D eigenvalue weighted by Gasteiger charge is -2.06. The molecule has 0 aliphatic heterocycles. The molecule has 0 unspecified atom stereocenters. The highest BCUT2D eigenvalue weighted by Gasteiger charge is 2.30. The number of hydrogen-bond donors (Lipinski definition) is 0. The molecular weight excluding hydrogens is 193 g/mol. The maximum Gasteiger partial charge on any atom is 0.416 e. The zero-order chi connectivity index (χ0) is 10.6. The van der Waals surface area contributed by atoms with Crippen LogP contribution in [-0.4, -0.2) is 6.29 Å². The quantitative estimate of drug-likeness (QED) is 0.669. The lowest BCUT2D eigenvalue weighted by Crippen LogP contribution is -2.04. The number of alkyl halides is 3. The van der Waals surface area contributed by atoms with Gasteiger partial charge in [-0.25, -0.2) is 0 Å². The fraction of sp³-hybridized carbons (Fsp3) is 0.100. The highest BCUT2D eigenvalue weighted by Crippen LogP contribution is 2.29. The van der Waals surface area contributed by atoms with E-state index in [0.717, 1.165) is 18.2 Å². The van der Waals surface area contributed by atoms with E-state index in [1.54, 1.807) is 0 Å². The first kappa shape index (κ1) is 10.5. The van der Waals surface area contributed by atoms with Gasteiger partial charge in [0, 0.05) is 0 Å². The molecule has 0 spiro atoms. The highest BCUT2D eigenvalue weighted by atomic mass is 19.4. The monoisotopic (exact) mass is 199 g/mol. The molecule has 0 fully saturated rings. The van der Waals surface area contributed by atoms with Crippen molar-refractivity contribution in [3.05, 3.63) is 41.5 Å². The van der Waals surface area contributed by atoms with Crippen LogP contribution in [-0.2, 0) is 11.0 Å². The van der Waals surface area contributed by atoms with Crippen LogP contribution < -0.4 is 0 Å². The van der Waals surface area contributed by atoms with Gasteiger partial charge in [0.2, 0.25) is 6.29 Å². The van der Waals surface area contributed by atoms with E-state index in [1.165, 1.54) is 24.5 Å². The Bertz CT molecular complexity index is 353. The fourth-order valence-corrected chi connectivity index (χ4v) is 0.949. The maximum atomic E-state index is 12.2. The van der Waals surface area contributed by atoms with E-state index in [1.807, 2.05) is 0 Å². The van der Waals surface area contributed by atoms with E-state index < -0.39 is 11.7 Å². The topological polar surface area (TPSA) is 17.1 Å². The van der Waals surface area contributed by atoms with Crippen molar-refractivity contribution in [3.63, 3.8) is 0 Å². The number of benzene rings is 1. The minimum absolute atomic E-state index is 0.322. The molecule has 0 amide bonds. The summed E-state index contributed by atoms with van der Waals surface area (Å²) in [5, 5.41) is 0. The molecule has 1 aromatic rings. The molecule has 1 aromatic carbocycles. The summed E-state index contributed by atoms with van der Waals surface area (Å²) in [6, 6.07) is 4.70. The SMILES string of the molecule is O=[C]C=Cc1cccc(C(F)(F)F)c1. The summed E-state index contributed by atoms with van der Waals surface area (Å²) >= 11 is 0. The summed E-state index contributed by atoms with van der Waals surface area (Å²) in [7, 11) is 0. The van der Waals surface area contributed by atoms with Crippen molar-refractivity contribution in [2.24, 2.45) is 0 Å². The molecule has 73 valence electrons. The highest BCUT2D eigenvalue weighted by molar-refractivity contribution is 5.74. The van der Waals surface area contributed by atoms with Gasteiger partial charge in [0.15, 0.2) is 0 Å². The van der Waals surface area contributed by atoms with Crippen molar-refractivity contribution in [2.45, 2.75) is 6.18 Å². The Kier molecular flexibility index (Phi) is 3.06. The van der Waals surface area contributed by atoms with Crippen LogP contribution in [0.4, 0.5) is 13.2 Å². The van der Waals surface area contributed by atoms with Crippen LogP contribution in [0.3, 0.4) is 0 Å². The Hall–Kier alpha value is -1.58. The van der Waals surface area contributed by atoms with E-state index in [2.05, 4.69) is 0 Å². The molecule has 1 nitrogen and oxygen atoms in total. The molecule has 1 rings (SSSR count). The van der Waals surface area contributed by atoms with Crippen LogP contribution >= 0.6 is 0 Å². The van der Waals surface area contributed by atoms with Gasteiger partial charge in [-0.2, -0.15) is 13.2 Å². The van der Waals surface area contributed by atoms with Gasteiger partial charge >= 0.3 is 6.18 Å². The second-order valence-electron chi connectivity index (χ2n) is 2.57. The third-order valence-electron chi connectivity index (χ3n) is 1.56. The largest absolute Gasteiger partial charge is 0.416 e. The van der Waals surface area contributed by atoms with E-state index in [0.29, 0.717) is 5.56 Å². The number of rotatable bonds is 2. The van der Waals surface area contributed by atoms with Gasteiger partial charge in [-0.1, -0.05) is 18.2 Å². The van der Waals surface area contributed by atoms with Gasteiger partial charge < -0.3 is 0 Å². The van der Waals surface area contributed by atoms with Crippen LogP contribution in [0.1, 0.15) is 11.1 Å². The van der Waals surface area contributed by atoms with Gasteiger partial charge in [-0.05, 0) is 23.8 Å². The Morgan fingerprint density at radius 3 is 2.57 bits per heavy atom. The van der Waals surface area contributed by atoms with Crippen molar-refractivity contribution in [1.29, 1.82) is 0 Å². The summed E-state index contributed by atoms with van der Waals surface area (Å²) in [5.41, 5.74) is -0.409. The summed E-state index contributed by atoms with van der Waals surface area (Å²) in [5.74, 6) is 0.